The van der Waals surface area contributed by atoms with Crippen LogP contribution >= 0.6 is 0 Å². The summed E-state index contributed by atoms with van der Waals surface area (Å²) >= 11 is 0. The molecule has 1 saturated heterocycles. The van der Waals surface area contributed by atoms with Gasteiger partial charge in [-0.15, -0.1) is 0 Å². The van der Waals surface area contributed by atoms with Crippen LogP contribution < -0.4 is 5.32 Å². The van der Waals surface area contributed by atoms with Gasteiger partial charge < -0.3 is 14.6 Å². The molecule has 2 heterocycles. The van der Waals surface area contributed by atoms with Crippen LogP contribution in [0, 0.1) is 0 Å². The third-order valence-corrected chi connectivity index (χ3v) is 4.68. The number of nitrogens with zero attached hydrogens (tertiary/aromatic N) is 1. The number of carbonyl (C=O) groups is 1. The summed E-state index contributed by atoms with van der Waals surface area (Å²) in [7, 11) is 0. The van der Waals surface area contributed by atoms with E-state index in [2.05, 4.69) is 17.4 Å². The molecule has 0 radical (unpaired) electrons. The fraction of sp³-hybridized carbons (Fsp3) is 0.471. The molecule has 0 saturated carbocycles. The van der Waals surface area contributed by atoms with Crippen molar-refractivity contribution in [1.29, 1.82) is 0 Å². The molecule has 4 heteroatoms. The molecule has 4 nitrogen and oxygen atoms in total. The number of furan rings is 1. The van der Waals surface area contributed by atoms with Crippen LogP contribution in [-0.2, 0) is 24.1 Å². The number of benzene rings is 1. The molecule has 1 aliphatic heterocycles. The number of aryl methyl sites for hydroxylation is 2. The van der Waals surface area contributed by atoms with Crippen molar-refractivity contribution in [3.63, 3.8) is 0 Å². The minimum absolute atomic E-state index is 0.208. The minimum atomic E-state index is 0.208. The molecule has 0 bridgehead atoms. The molecule has 1 aromatic carbocycles. The third-order valence-electron chi connectivity index (χ3n) is 4.68. The van der Waals surface area contributed by atoms with E-state index < -0.39 is 0 Å². The van der Waals surface area contributed by atoms with Gasteiger partial charge in [-0.2, -0.15) is 0 Å². The van der Waals surface area contributed by atoms with E-state index in [-0.39, 0.29) is 5.91 Å². The van der Waals surface area contributed by atoms with E-state index in [1.165, 1.54) is 17.5 Å². The van der Waals surface area contributed by atoms with Crippen LogP contribution in [0.1, 0.15) is 23.1 Å². The lowest BCUT2D eigenvalue weighted by Gasteiger charge is -2.27. The van der Waals surface area contributed by atoms with Crippen molar-refractivity contribution >= 4 is 16.9 Å². The maximum atomic E-state index is 12.4. The molecule has 0 spiro atoms. The van der Waals surface area contributed by atoms with Gasteiger partial charge in [0.05, 0.1) is 12.7 Å². The average Bonchev–Trinajstić information content (AvgIpc) is 3.13. The zero-order chi connectivity index (χ0) is 14.2. The van der Waals surface area contributed by atoms with Crippen molar-refractivity contribution in [2.24, 2.45) is 0 Å². The standard InChI is InChI=1S/C17H20N2O2/c20-17(19-6-4-18-5-7-19)10-14-11-21-16-9-13-3-1-2-12(13)8-15(14)16/h8-9,11,18H,1-7,10H2. The first kappa shape index (κ1) is 12.9. The topological polar surface area (TPSA) is 45.5 Å². The highest BCUT2D eigenvalue weighted by molar-refractivity contribution is 5.88. The number of hydrogen-bond donors (Lipinski definition) is 1. The largest absolute Gasteiger partial charge is 0.464 e. The van der Waals surface area contributed by atoms with Gasteiger partial charge in [0.2, 0.25) is 5.91 Å². The smallest absolute Gasteiger partial charge is 0.227 e. The van der Waals surface area contributed by atoms with Crippen molar-refractivity contribution in [3.05, 3.63) is 35.1 Å². The number of carbonyl (C=O) groups excluding carboxylic acids is 1. The van der Waals surface area contributed by atoms with Crippen molar-refractivity contribution in [2.75, 3.05) is 26.2 Å². The van der Waals surface area contributed by atoms with Crippen molar-refractivity contribution < 1.29 is 9.21 Å². The average molecular weight is 284 g/mol. The Morgan fingerprint density at radius 3 is 2.76 bits per heavy atom. The van der Waals surface area contributed by atoms with Gasteiger partial charge in [0.1, 0.15) is 5.58 Å². The van der Waals surface area contributed by atoms with Gasteiger partial charge in [-0.1, -0.05) is 0 Å². The molecule has 2 aromatic rings. The molecule has 1 aliphatic carbocycles. The SMILES string of the molecule is O=C(Cc1coc2cc3c(cc12)CCC3)N1CCNCC1. The first-order valence-electron chi connectivity index (χ1n) is 7.81. The molecule has 0 atom stereocenters. The summed E-state index contributed by atoms with van der Waals surface area (Å²) in [6, 6.07) is 4.40. The summed E-state index contributed by atoms with van der Waals surface area (Å²) < 4.78 is 5.68. The lowest BCUT2D eigenvalue weighted by molar-refractivity contribution is -0.131. The van der Waals surface area contributed by atoms with Crippen LogP contribution in [-0.4, -0.2) is 37.0 Å². The van der Waals surface area contributed by atoms with Crippen LogP contribution in [0.4, 0.5) is 0 Å². The first-order chi connectivity index (χ1) is 10.3. The molecular formula is C17H20N2O2. The van der Waals surface area contributed by atoms with Gasteiger partial charge >= 0.3 is 0 Å². The van der Waals surface area contributed by atoms with Crippen LogP contribution in [0.15, 0.2) is 22.8 Å². The highest BCUT2D eigenvalue weighted by Crippen LogP contribution is 2.30. The fourth-order valence-corrected chi connectivity index (χ4v) is 3.47. The van der Waals surface area contributed by atoms with Crippen LogP contribution in [0.2, 0.25) is 0 Å². The van der Waals surface area contributed by atoms with Gasteiger partial charge in [0.15, 0.2) is 0 Å². The van der Waals surface area contributed by atoms with Crippen molar-refractivity contribution in [1.82, 2.24) is 10.2 Å². The molecule has 21 heavy (non-hydrogen) atoms. The van der Waals surface area contributed by atoms with Crippen molar-refractivity contribution in [3.8, 4) is 0 Å². The van der Waals surface area contributed by atoms with E-state index in [9.17, 15) is 4.79 Å². The molecule has 0 unspecified atom stereocenters. The highest BCUT2D eigenvalue weighted by atomic mass is 16.3. The summed E-state index contributed by atoms with van der Waals surface area (Å²) in [4.78, 5) is 14.3. The van der Waals surface area contributed by atoms with Gasteiger partial charge in [-0.25, -0.2) is 0 Å². The molecule has 4 rings (SSSR count). The van der Waals surface area contributed by atoms with E-state index in [1.807, 2.05) is 4.90 Å². The molecule has 2 aliphatic rings. The molecule has 1 amide bonds. The van der Waals surface area contributed by atoms with Gasteiger partial charge in [0.25, 0.3) is 0 Å². The number of fused-ring (bicyclic) bond motifs is 2. The maximum Gasteiger partial charge on any atom is 0.227 e. The Hall–Kier alpha value is -1.81. The zero-order valence-corrected chi connectivity index (χ0v) is 12.2. The van der Waals surface area contributed by atoms with E-state index in [4.69, 9.17) is 4.42 Å². The van der Waals surface area contributed by atoms with Crippen molar-refractivity contribution in [2.45, 2.75) is 25.7 Å². The Morgan fingerprint density at radius 2 is 1.95 bits per heavy atom. The predicted molar refractivity (Wildman–Crippen MR) is 81.4 cm³/mol. The number of nitrogens with one attached hydrogen (secondary N) is 1. The molecule has 1 fully saturated rings. The third kappa shape index (κ3) is 2.33. The predicted octanol–water partition coefficient (Wildman–Crippen LogP) is 1.90. The van der Waals surface area contributed by atoms with E-state index in [0.29, 0.717) is 6.42 Å². The Balaban J connectivity index is 1.60. The normalized spacial score (nSPS) is 18.2. The lowest BCUT2D eigenvalue weighted by atomic mass is 10.0. The number of hydrogen-bond acceptors (Lipinski definition) is 3. The van der Waals surface area contributed by atoms with Gasteiger partial charge in [-0.3, -0.25) is 4.79 Å². The van der Waals surface area contributed by atoms with Crippen LogP contribution in [0.5, 0.6) is 0 Å². The quantitative estimate of drug-likeness (QED) is 0.916. The molecular weight excluding hydrogens is 264 g/mol. The molecule has 1 N–H and O–H groups in total. The van der Waals surface area contributed by atoms with Crippen LogP contribution in [0.25, 0.3) is 11.0 Å². The fourth-order valence-electron chi connectivity index (χ4n) is 3.47. The second kappa shape index (κ2) is 5.19. The summed E-state index contributed by atoms with van der Waals surface area (Å²) in [5.41, 5.74) is 4.80. The lowest BCUT2D eigenvalue weighted by Crippen LogP contribution is -2.46. The van der Waals surface area contributed by atoms with E-state index in [1.54, 1.807) is 6.26 Å². The second-order valence-electron chi connectivity index (χ2n) is 6.04. The molecule has 110 valence electrons. The monoisotopic (exact) mass is 284 g/mol. The van der Waals surface area contributed by atoms with Gasteiger partial charge in [-0.05, 0) is 42.5 Å². The number of amides is 1. The Morgan fingerprint density at radius 1 is 1.19 bits per heavy atom. The summed E-state index contributed by atoms with van der Waals surface area (Å²) in [5.74, 6) is 0.208. The Kier molecular flexibility index (Phi) is 3.19. The van der Waals surface area contributed by atoms with Gasteiger partial charge in [0, 0.05) is 37.1 Å². The van der Waals surface area contributed by atoms with E-state index in [0.717, 1.165) is 55.6 Å². The summed E-state index contributed by atoms with van der Waals surface area (Å²) in [6.07, 6.45) is 5.76. The van der Waals surface area contributed by atoms with Crippen LogP contribution in [0.3, 0.4) is 0 Å². The first-order valence-corrected chi connectivity index (χ1v) is 7.81. The number of piperazine rings is 1. The summed E-state index contributed by atoms with van der Waals surface area (Å²) in [6.45, 7) is 3.41. The Bertz CT molecular complexity index is 683. The van der Waals surface area contributed by atoms with E-state index >= 15 is 0 Å². The second-order valence-corrected chi connectivity index (χ2v) is 6.04. The number of rotatable bonds is 2. The Labute approximate surface area is 124 Å². The molecule has 1 aromatic heterocycles. The zero-order valence-electron chi connectivity index (χ0n) is 12.2. The minimum Gasteiger partial charge on any atom is -0.464 e. The highest BCUT2D eigenvalue weighted by Gasteiger charge is 2.20. The maximum absolute atomic E-state index is 12.4. The summed E-state index contributed by atoms with van der Waals surface area (Å²) in [5, 5.41) is 4.40.